The molecule has 1 aromatic heterocycles. The van der Waals surface area contributed by atoms with E-state index >= 15 is 0 Å². The maximum absolute atomic E-state index is 13.0. The summed E-state index contributed by atoms with van der Waals surface area (Å²) >= 11 is 6.12. The van der Waals surface area contributed by atoms with Crippen molar-refractivity contribution in [2.45, 2.75) is 25.9 Å². The topological polar surface area (TPSA) is 85.2 Å². The summed E-state index contributed by atoms with van der Waals surface area (Å²) in [5.41, 5.74) is 1.82. The van der Waals surface area contributed by atoms with Gasteiger partial charge in [-0.2, -0.15) is 0 Å². The van der Waals surface area contributed by atoms with Crippen molar-refractivity contribution in [3.8, 4) is 11.5 Å². The first-order chi connectivity index (χ1) is 15.5. The van der Waals surface area contributed by atoms with E-state index in [1.165, 1.54) is 23.1 Å². The molecule has 164 valence electrons. The molecule has 1 atom stereocenters. The number of aromatic nitrogens is 2. The molecule has 0 spiro atoms. The normalized spacial score (nSPS) is 17.2. The van der Waals surface area contributed by atoms with Crippen LogP contribution in [0.2, 0.25) is 0 Å². The predicted octanol–water partition coefficient (Wildman–Crippen LogP) is 5.87. The monoisotopic (exact) mass is 529 g/mol. The van der Waals surface area contributed by atoms with Gasteiger partial charge in [0.1, 0.15) is 22.5 Å². The molecule has 6 nitrogen and oxygen atoms in total. The highest BCUT2D eigenvalue weighted by atomic mass is 79.9. The summed E-state index contributed by atoms with van der Waals surface area (Å²) in [4.78, 5) is 13.5. The van der Waals surface area contributed by atoms with Crippen LogP contribution >= 0.6 is 39.0 Å². The maximum atomic E-state index is 13.0. The fourth-order valence-corrected chi connectivity index (χ4v) is 5.71. The largest absolute Gasteiger partial charge is 0.493 e. The van der Waals surface area contributed by atoms with Crippen LogP contribution in [0.15, 0.2) is 51.8 Å². The number of hydrogen-bond donors (Lipinski definition) is 1. The Bertz CT molecular complexity index is 1190. The molecule has 1 aliphatic heterocycles. The van der Waals surface area contributed by atoms with Crippen LogP contribution in [0.1, 0.15) is 34.0 Å². The fraction of sp³-hybridized carbons (Fsp3) is 0.217. The number of allylic oxidation sites excluding steroid dienone is 1. The predicted molar refractivity (Wildman–Crippen MR) is 132 cm³/mol. The molecule has 1 fully saturated rings. The summed E-state index contributed by atoms with van der Waals surface area (Å²) in [7, 11) is 1.58. The number of hydrogen-bond acceptors (Lipinski definition) is 8. The van der Waals surface area contributed by atoms with E-state index in [-0.39, 0.29) is 10.8 Å². The van der Waals surface area contributed by atoms with Crippen molar-refractivity contribution in [2.75, 3.05) is 7.11 Å². The van der Waals surface area contributed by atoms with E-state index < -0.39 is 5.92 Å². The third kappa shape index (κ3) is 4.79. The van der Waals surface area contributed by atoms with Crippen LogP contribution in [0.3, 0.4) is 0 Å². The second kappa shape index (κ2) is 9.97. The first-order valence-corrected chi connectivity index (χ1v) is 12.3. The van der Waals surface area contributed by atoms with Gasteiger partial charge in [0.25, 0.3) is 0 Å². The van der Waals surface area contributed by atoms with Crippen molar-refractivity contribution in [1.29, 1.82) is 5.41 Å². The summed E-state index contributed by atoms with van der Waals surface area (Å²) < 4.78 is 12.2. The van der Waals surface area contributed by atoms with Crippen LogP contribution in [0, 0.1) is 5.41 Å². The van der Waals surface area contributed by atoms with E-state index in [1.807, 2.05) is 49.4 Å². The molecular weight excluding hydrogens is 510 g/mol. The third-order valence-electron chi connectivity index (χ3n) is 4.79. The minimum atomic E-state index is -0.664. The lowest BCUT2D eigenvalue weighted by atomic mass is 10.0. The molecular formula is C23H20BrN3O3S2. The van der Waals surface area contributed by atoms with E-state index in [4.69, 9.17) is 14.9 Å². The molecule has 1 saturated heterocycles. The van der Waals surface area contributed by atoms with E-state index in [9.17, 15) is 4.79 Å². The van der Waals surface area contributed by atoms with Gasteiger partial charge < -0.3 is 9.47 Å². The Balaban J connectivity index is 1.57. The van der Waals surface area contributed by atoms with Crippen molar-refractivity contribution in [3.63, 3.8) is 0 Å². The molecule has 3 aromatic rings. The number of carbonyl (C=O) groups is 1. The van der Waals surface area contributed by atoms with E-state index in [0.717, 1.165) is 27.0 Å². The Morgan fingerprint density at radius 3 is 2.69 bits per heavy atom. The van der Waals surface area contributed by atoms with Gasteiger partial charge in [-0.1, -0.05) is 49.0 Å². The molecule has 9 heteroatoms. The number of aryl methyl sites for hydroxylation is 1. The highest BCUT2D eigenvalue weighted by molar-refractivity contribution is 9.10. The number of thioether (sulfide) groups is 1. The molecule has 0 radical (unpaired) electrons. The maximum Gasteiger partial charge on any atom is 0.186 e. The van der Waals surface area contributed by atoms with Gasteiger partial charge in [0.2, 0.25) is 0 Å². The van der Waals surface area contributed by atoms with Gasteiger partial charge in [-0.15, -0.1) is 21.5 Å². The standard InChI is InChI=1S/C23H20BrN3O3S2/c1-3-18-26-27-23(32-18)19-20(28)17(31-22(19)25)11-14-9-15(24)21(16(10-14)29-2)30-12-13-7-5-4-6-8-13/h4-11,19,25H,3,12H2,1-2H3/b17-11-,25-22?/t19-/m1/s1. The van der Waals surface area contributed by atoms with Crippen LogP contribution in [0.4, 0.5) is 0 Å². The minimum absolute atomic E-state index is 0.127. The Labute approximate surface area is 202 Å². The van der Waals surface area contributed by atoms with Gasteiger partial charge in [0, 0.05) is 0 Å². The zero-order valence-electron chi connectivity index (χ0n) is 17.4. The fourth-order valence-electron chi connectivity index (χ4n) is 3.18. The minimum Gasteiger partial charge on any atom is -0.493 e. The summed E-state index contributed by atoms with van der Waals surface area (Å²) in [6.45, 7) is 2.40. The highest BCUT2D eigenvalue weighted by Crippen LogP contribution is 2.43. The molecule has 0 bridgehead atoms. The van der Waals surface area contributed by atoms with Crippen LogP contribution in [-0.2, 0) is 17.8 Å². The summed E-state index contributed by atoms with van der Waals surface area (Å²) in [5.74, 6) is 0.359. The van der Waals surface area contributed by atoms with Gasteiger partial charge in [-0.05, 0) is 51.7 Å². The van der Waals surface area contributed by atoms with Crippen molar-refractivity contribution < 1.29 is 14.3 Å². The summed E-state index contributed by atoms with van der Waals surface area (Å²) in [5, 5.41) is 18.3. The van der Waals surface area contributed by atoms with Crippen LogP contribution in [0.5, 0.6) is 11.5 Å². The number of ether oxygens (including phenoxy) is 2. The molecule has 2 heterocycles. The number of halogens is 1. The number of methoxy groups -OCH3 is 1. The summed E-state index contributed by atoms with van der Waals surface area (Å²) in [6.07, 6.45) is 2.53. The third-order valence-corrected chi connectivity index (χ3v) is 7.51. The first-order valence-electron chi connectivity index (χ1n) is 9.88. The molecule has 4 rings (SSSR count). The van der Waals surface area contributed by atoms with Gasteiger partial charge >= 0.3 is 0 Å². The lowest BCUT2D eigenvalue weighted by molar-refractivity contribution is -0.114. The molecule has 0 aliphatic carbocycles. The number of nitrogens with one attached hydrogen (secondary N) is 1. The molecule has 0 saturated carbocycles. The highest BCUT2D eigenvalue weighted by Gasteiger charge is 2.39. The first kappa shape index (κ1) is 22.7. The Morgan fingerprint density at radius 2 is 2.00 bits per heavy atom. The van der Waals surface area contributed by atoms with Crippen molar-refractivity contribution in [1.82, 2.24) is 10.2 Å². The number of rotatable bonds is 7. The smallest absolute Gasteiger partial charge is 0.186 e. The number of carbonyl (C=O) groups excluding carboxylic acids is 1. The van der Waals surface area contributed by atoms with Crippen LogP contribution < -0.4 is 9.47 Å². The quantitative estimate of drug-likeness (QED) is 0.385. The SMILES string of the molecule is CCc1nnc([C@H]2C(=N)S/C(=C\c3cc(Br)c(OCc4ccccc4)c(OC)c3)C2=O)s1. The molecule has 32 heavy (non-hydrogen) atoms. The van der Waals surface area contributed by atoms with Gasteiger partial charge in [-0.3, -0.25) is 10.2 Å². The molecule has 0 unspecified atom stereocenters. The van der Waals surface area contributed by atoms with Gasteiger partial charge in [0.15, 0.2) is 17.3 Å². The molecule has 0 amide bonds. The van der Waals surface area contributed by atoms with Crippen LogP contribution in [0.25, 0.3) is 6.08 Å². The van der Waals surface area contributed by atoms with Crippen molar-refractivity contribution in [2.24, 2.45) is 0 Å². The van der Waals surface area contributed by atoms with E-state index in [2.05, 4.69) is 26.1 Å². The second-order valence-electron chi connectivity index (χ2n) is 6.97. The number of Topliss-reactive ketones (excluding diaryl/α,β-unsaturated/α-hetero) is 1. The number of nitrogens with zero attached hydrogens (tertiary/aromatic N) is 2. The van der Waals surface area contributed by atoms with Crippen molar-refractivity contribution in [3.05, 3.63) is 73.0 Å². The zero-order chi connectivity index (χ0) is 22.7. The van der Waals surface area contributed by atoms with Gasteiger partial charge in [0.05, 0.1) is 21.5 Å². The lowest BCUT2D eigenvalue weighted by Crippen LogP contribution is -2.11. The van der Waals surface area contributed by atoms with Gasteiger partial charge in [-0.25, -0.2) is 0 Å². The van der Waals surface area contributed by atoms with Crippen molar-refractivity contribution >= 4 is 55.9 Å². The Hall–Kier alpha value is -2.49. The Kier molecular flexibility index (Phi) is 7.07. The zero-order valence-corrected chi connectivity index (χ0v) is 20.6. The Morgan fingerprint density at radius 1 is 1.22 bits per heavy atom. The average molecular weight is 530 g/mol. The number of ketones is 1. The molecule has 1 aliphatic rings. The van der Waals surface area contributed by atoms with E-state index in [1.54, 1.807) is 13.2 Å². The molecule has 2 aromatic carbocycles. The average Bonchev–Trinajstić information content (AvgIpc) is 3.37. The van der Waals surface area contributed by atoms with E-state index in [0.29, 0.717) is 28.0 Å². The molecule has 1 N–H and O–H groups in total. The second-order valence-corrected chi connectivity index (χ2v) is 10.00. The summed E-state index contributed by atoms with van der Waals surface area (Å²) in [6, 6.07) is 13.6. The number of benzene rings is 2. The van der Waals surface area contributed by atoms with Crippen LogP contribution in [-0.4, -0.2) is 28.1 Å². The lowest BCUT2D eigenvalue weighted by Gasteiger charge is -2.14.